The molecule has 0 bridgehead atoms. The van der Waals surface area contributed by atoms with Gasteiger partial charge in [0.15, 0.2) is 0 Å². The Bertz CT molecular complexity index is 530. The largest absolute Gasteiger partial charge is 0.698 e. The quantitative estimate of drug-likeness (QED) is 0.347. The van der Waals surface area contributed by atoms with E-state index in [4.69, 9.17) is 9.63 Å². The summed E-state index contributed by atoms with van der Waals surface area (Å²) in [4.78, 5) is 30.5. The molecule has 2 unspecified atom stereocenters. The van der Waals surface area contributed by atoms with Gasteiger partial charge in [-0.25, -0.2) is 9.59 Å². The summed E-state index contributed by atoms with van der Waals surface area (Å²) in [6.07, 6.45) is -0.431. The maximum absolute atomic E-state index is 11.3. The van der Waals surface area contributed by atoms with Gasteiger partial charge in [0.1, 0.15) is 11.8 Å². The first-order chi connectivity index (χ1) is 9.54. The van der Waals surface area contributed by atoms with Crippen LogP contribution in [0.15, 0.2) is 24.3 Å². The molecule has 8 nitrogen and oxygen atoms in total. The van der Waals surface area contributed by atoms with Crippen LogP contribution in [0.4, 0.5) is 4.79 Å². The van der Waals surface area contributed by atoms with Crippen LogP contribution in [0.3, 0.4) is 0 Å². The van der Waals surface area contributed by atoms with Crippen LogP contribution in [-0.4, -0.2) is 29.8 Å². The number of amides is 1. The van der Waals surface area contributed by atoms with Crippen molar-refractivity contribution in [1.82, 2.24) is 5.32 Å². The molecular formula is C11H11NO7P+. The minimum Gasteiger partial charge on any atom is -0.463 e. The molecule has 0 aromatic heterocycles. The molecule has 1 amide bonds. The van der Waals surface area contributed by atoms with E-state index in [1.165, 1.54) is 0 Å². The standard InChI is InChI=1S/C11H10NO7P/c13-10-9(12-11(14)19-10)5-7-1-3-8(4-2-7)17-6-18-20(15)16/h1-4,9H,5-6H2,(H-,12,14,15,16)/p+1. The Balaban J connectivity index is 1.86. The van der Waals surface area contributed by atoms with E-state index in [1.807, 2.05) is 0 Å². The van der Waals surface area contributed by atoms with E-state index < -0.39 is 26.4 Å². The molecule has 2 N–H and O–H groups in total. The predicted molar refractivity (Wildman–Crippen MR) is 65.0 cm³/mol. The molecule has 1 heterocycles. The van der Waals surface area contributed by atoms with Gasteiger partial charge < -0.3 is 14.8 Å². The Labute approximate surface area is 114 Å². The van der Waals surface area contributed by atoms with Crippen molar-refractivity contribution in [3.63, 3.8) is 0 Å². The molecule has 0 radical (unpaired) electrons. The summed E-state index contributed by atoms with van der Waals surface area (Å²) in [5.74, 6) is -0.154. The second kappa shape index (κ2) is 6.42. The number of nitrogens with one attached hydrogen (secondary N) is 1. The summed E-state index contributed by atoms with van der Waals surface area (Å²) in [5.41, 5.74) is 0.802. The highest BCUT2D eigenvalue weighted by atomic mass is 31.1. The molecule has 2 rings (SSSR count). The normalized spacial score (nSPS) is 18.4. The highest BCUT2D eigenvalue weighted by Crippen LogP contribution is 2.18. The van der Waals surface area contributed by atoms with Crippen LogP contribution in [0, 0.1) is 0 Å². The lowest BCUT2D eigenvalue weighted by Crippen LogP contribution is -2.30. The lowest BCUT2D eigenvalue weighted by molar-refractivity contribution is -0.135. The number of cyclic esters (lactones) is 2. The Morgan fingerprint density at radius 2 is 2.00 bits per heavy atom. The summed E-state index contributed by atoms with van der Waals surface area (Å²) in [5, 5.41) is 2.39. The van der Waals surface area contributed by atoms with Crippen LogP contribution in [0.2, 0.25) is 0 Å². The van der Waals surface area contributed by atoms with E-state index in [2.05, 4.69) is 14.6 Å². The van der Waals surface area contributed by atoms with Gasteiger partial charge >= 0.3 is 20.3 Å². The number of hydrogen-bond donors (Lipinski definition) is 2. The molecule has 1 saturated heterocycles. The minimum atomic E-state index is -2.69. The molecule has 1 aromatic rings. The zero-order valence-electron chi connectivity index (χ0n) is 10.1. The fraction of sp³-hybridized carbons (Fsp3) is 0.273. The first-order valence-electron chi connectivity index (χ1n) is 5.57. The van der Waals surface area contributed by atoms with Crippen LogP contribution in [-0.2, 0) is 25.0 Å². The predicted octanol–water partition coefficient (Wildman–Crippen LogP) is 0.867. The Hall–Kier alpha value is -2.02. The molecule has 0 spiro atoms. The van der Waals surface area contributed by atoms with Crippen LogP contribution < -0.4 is 10.1 Å². The van der Waals surface area contributed by atoms with Gasteiger partial charge in [-0.1, -0.05) is 16.7 Å². The molecule has 2 atom stereocenters. The van der Waals surface area contributed by atoms with Crippen molar-refractivity contribution < 1.29 is 33.0 Å². The molecule has 20 heavy (non-hydrogen) atoms. The summed E-state index contributed by atoms with van der Waals surface area (Å²) < 4.78 is 24.0. The van der Waals surface area contributed by atoms with Gasteiger partial charge in [0.25, 0.3) is 0 Å². The number of ether oxygens (including phenoxy) is 2. The summed E-state index contributed by atoms with van der Waals surface area (Å²) in [6, 6.07) is 5.95. The molecule has 9 heteroatoms. The number of hydrogen-bond acceptors (Lipinski definition) is 6. The minimum absolute atomic E-state index is 0.309. The fourth-order valence-corrected chi connectivity index (χ4v) is 1.77. The van der Waals surface area contributed by atoms with Gasteiger partial charge in [-0.05, 0) is 17.7 Å². The molecule has 106 valence electrons. The molecular weight excluding hydrogens is 289 g/mol. The van der Waals surface area contributed by atoms with Gasteiger partial charge in [-0.15, -0.1) is 4.89 Å². The van der Waals surface area contributed by atoms with E-state index in [-0.39, 0.29) is 6.79 Å². The lowest BCUT2D eigenvalue weighted by Gasteiger charge is -2.07. The monoisotopic (exact) mass is 300 g/mol. The molecule has 1 aliphatic rings. The van der Waals surface area contributed by atoms with Gasteiger partial charge in [0.05, 0.1) is 0 Å². The average molecular weight is 300 g/mol. The lowest BCUT2D eigenvalue weighted by atomic mass is 10.1. The van der Waals surface area contributed by atoms with Crippen LogP contribution in [0.5, 0.6) is 5.75 Å². The van der Waals surface area contributed by atoms with Crippen molar-refractivity contribution in [3.05, 3.63) is 29.8 Å². The van der Waals surface area contributed by atoms with Crippen molar-refractivity contribution in [2.75, 3.05) is 6.79 Å². The molecule has 0 aliphatic carbocycles. The third-order valence-corrected chi connectivity index (χ3v) is 2.85. The number of esters is 1. The third-order valence-electron chi connectivity index (χ3n) is 2.52. The zero-order valence-corrected chi connectivity index (χ0v) is 11.0. The first kappa shape index (κ1) is 14.4. The third kappa shape index (κ3) is 3.99. The van der Waals surface area contributed by atoms with Crippen molar-refractivity contribution in [3.8, 4) is 5.75 Å². The average Bonchev–Trinajstić information content (AvgIpc) is 2.69. The summed E-state index contributed by atoms with van der Waals surface area (Å²) in [7, 11) is -2.69. The van der Waals surface area contributed by atoms with E-state index in [9.17, 15) is 14.2 Å². The molecule has 1 aromatic carbocycles. The van der Waals surface area contributed by atoms with Crippen molar-refractivity contribution in [1.29, 1.82) is 0 Å². The van der Waals surface area contributed by atoms with E-state index in [0.29, 0.717) is 12.2 Å². The fourth-order valence-electron chi connectivity index (χ4n) is 1.62. The topological polar surface area (TPSA) is 111 Å². The second-order valence-electron chi connectivity index (χ2n) is 3.88. The summed E-state index contributed by atoms with van der Waals surface area (Å²) in [6.45, 7) is -0.337. The van der Waals surface area contributed by atoms with Crippen molar-refractivity contribution >= 4 is 20.3 Å². The number of alkyl carbamates (subject to hydrolysis) is 1. The highest BCUT2D eigenvalue weighted by Gasteiger charge is 2.32. The van der Waals surface area contributed by atoms with Gasteiger partial charge in [-0.3, -0.25) is 0 Å². The van der Waals surface area contributed by atoms with Gasteiger partial charge in [0.2, 0.25) is 6.79 Å². The van der Waals surface area contributed by atoms with E-state index in [1.54, 1.807) is 24.3 Å². The maximum Gasteiger partial charge on any atom is 0.698 e. The Kier molecular flexibility index (Phi) is 4.62. The first-order valence-corrected chi connectivity index (χ1v) is 6.70. The van der Waals surface area contributed by atoms with E-state index in [0.717, 1.165) is 5.56 Å². The SMILES string of the molecule is O=C1NC(Cc2ccc(OCO[P+](=O)O)cc2)C(=O)O1. The molecule has 0 saturated carbocycles. The smallest absolute Gasteiger partial charge is 0.463 e. The maximum atomic E-state index is 11.3. The zero-order chi connectivity index (χ0) is 14.5. The number of rotatable bonds is 6. The van der Waals surface area contributed by atoms with Gasteiger partial charge in [0, 0.05) is 11.0 Å². The molecule has 1 fully saturated rings. The van der Waals surface area contributed by atoms with Crippen LogP contribution in [0.25, 0.3) is 0 Å². The second-order valence-corrected chi connectivity index (χ2v) is 4.62. The van der Waals surface area contributed by atoms with Crippen molar-refractivity contribution in [2.45, 2.75) is 12.5 Å². The molecule has 1 aliphatic heterocycles. The Morgan fingerprint density at radius 1 is 1.30 bits per heavy atom. The van der Waals surface area contributed by atoms with Crippen LogP contribution >= 0.6 is 8.25 Å². The summed E-state index contributed by atoms with van der Waals surface area (Å²) >= 11 is 0. The number of benzene rings is 1. The highest BCUT2D eigenvalue weighted by molar-refractivity contribution is 7.32. The van der Waals surface area contributed by atoms with Gasteiger partial charge in [-0.2, -0.15) is 0 Å². The number of carbonyl (C=O) groups is 2. The van der Waals surface area contributed by atoms with E-state index >= 15 is 0 Å². The Morgan fingerprint density at radius 3 is 2.55 bits per heavy atom. The number of carbonyl (C=O) groups excluding carboxylic acids is 2. The van der Waals surface area contributed by atoms with Crippen molar-refractivity contribution in [2.24, 2.45) is 0 Å². The van der Waals surface area contributed by atoms with Crippen LogP contribution in [0.1, 0.15) is 5.56 Å².